The number of carbonyl (C=O) groups excluding carboxylic acids is 4. The summed E-state index contributed by atoms with van der Waals surface area (Å²) in [6.45, 7) is -0.369. The zero-order chi connectivity index (χ0) is 29.5. The third-order valence-electron chi connectivity index (χ3n) is 5.89. The molecule has 0 saturated heterocycles. The first-order valence-corrected chi connectivity index (χ1v) is 12.9. The van der Waals surface area contributed by atoms with Crippen LogP contribution in [0.1, 0.15) is 29.5 Å². The number of ether oxygens (including phenoxy) is 3. The van der Waals surface area contributed by atoms with E-state index in [2.05, 4.69) is 0 Å². The van der Waals surface area contributed by atoms with Gasteiger partial charge in [-0.15, -0.1) is 0 Å². The molecule has 0 aliphatic heterocycles. The summed E-state index contributed by atoms with van der Waals surface area (Å²) in [5.74, 6) is -0.549. The van der Waals surface area contributed by atoms with Crippen molar-refractivity contribution in [2.24, 2.45) is 5.73 Å². The second-order valence-corrected chi connectivity index (χ2v) is 8.87. The van der Waals surface area contributed by atoms with Crippen LogP contribution in [-0.4, -0.2) is 52.9 Å². The zero-order valence-electron chi connectivity index (χ0n) is 22.4. The van der Waals surface area contributed by atoms with Gasteiger partial charge in [-0.3, -0.25) is 5.41 Å². The van der Waals surface area contributed by atoms with Crippen molar-refractivity contribution in [3.8, 4) is 0 Å². The van der Waals surface area contributed by atoms with Gasteiger partial charge in [-0.05, 0) is 29.5 Å². The van der Waals surface area contributed by atoms with Crippen LogP contribution in [0.2, 0.25) is 0 Å². The molecule has 0 aliphatic carbocycles. The molecule has 0 aromatic heterocycles. The Balaban J connectivity index is 1.64. The predicted molar refractivity (Wildman–Crippen MR) is 149 cm³/mol. The highest BCUT2D eigenvalue weighted by Crippen LogP contribution is 2.14. The van der Waals surface area contributed by atoms with Gasteiger partial charge in [-0.1, -0.05) is 91.0 Å². The number of aldehydes is 1. The topological polar surface area (TPSA) is 152 Å². The van der Waals surface area contributed by atoms with Crippen molar-refractivity contribution in [3.05, 3.63) is 108 Å². The van der Waals surface area contributed by atoms with Crippen LogP contribution < -0.4 is 5.73 Å². The Bertz CT molecular complexity index is 1230. The van der Waals surface area contributed by atoms with E-state index < -0.39 is 30.3 Å². The van der Waals surface area contributed by atoms with Crippen LogP contribution in [0.3, 0.4) is 0 Å². The Morgan fingerprint density at radius 2 is 1.10 bits per heavy atom. The number of nitrogens with zero attached hydrogens (tertiary/aromatic N) is 2. The van der Waals surface area contributed by atoms with E-state index in [4.69, 9.17) is 25.4 Å². The molecule has 0 heterocycles. The van der Waals surface area contributed by atoms with Crippen LogP contribution >= 0.6 is 0 Å². The lowest BCUT2D eigenvalue weighted by Crippen LogP contribution is -2.47. The highest BCUT2D eigenvalue weighted by Gasteiger charge is 2.33. The van der Waals surface area contributed by atoms with Gasteiger partial charge in [0, 0.05) is 6.54 Å². The van der Waals surface area contributed by atoms with Gasteiger partial charge >= 0.3 is 18.3 Å². The van der Waals surface area contributed by atoms with Crippen molar-refractivity contribution < 1.29 is 33.4 Å². The van der Waals surface area contributed by atoms with E-state index in [1.807, 2.05) is 18.2 Å². The minimum Gasteiger partial charge on any atom is -0.444 e. The minimum atomic E-state index is -1.27. The van der Waals surface area contributed by atoms with Crippen molar-refractivity contribution in [1.29, 1.82) is 5.41 Å². The summed E-state index contributed by atoms with van der Waals surface area (Å²) in [7, 11) is 0. The maximum Gasteiger partial charge on any atom is 0.420 e. The highest BCUT2D eigenvalue weighted by molar-refractivity contribution is 5.92. The molecule has 3 rings (SSSR count). The molecule has 11 nitrogen and oxygen atoms in total. The largest absolute Gasteiger partial charge is 0.444 e. The number of guanidine groups is 1. The number of benzene rings is 3. The van der Waals surface area contributed by atoms with E-state index in [1.54, 1.807) is 72.8 Å². The first-order valence-electron chi connectivity index (χ1n) is 12.9. The van der Waals surface area contributed by atoms with E-state index in [0.29, 0.717) is 22.3 Å². The van der Waals surface area contributed by atoms with Gasteiger partial charge < -0.3 is 24.7 Å². The summed E-state index contributed by atoms with van der Waals surface area (Å²) in [6, 6.07) is 25.4. The molecule has 0 fully saturated rings. The fraction of sp³-hybridized carbons (Fsp3) is 0.233. The molecule has 0 saturated carbocycles. The number of nitrogens with one attached hydrogen (secondary N) is 1. The molecule has 214 valence electrons. The molecule has 0 spiro atoms. The molecule has 0 radical (unpaired) electrons. The smallest absolute Gasteiger partial charge is 0.420 e. The van der Waals surface area contributed by atoms with Crippen molar-refractivity contribution in [3.63, 3.8) is 0 Å². The van der Waals surface area contributed by atoms with Crippen LogP contribution in [0.4, 0.5) is 14.4 Å². The molecule has 3 aromatic carbocycles. The lowest BCUT2D eigenvalue weighted by atomic mass is 10.1. The third-order valence-corrected chi connectivity index (χ3v) is 5.89. The van der Waals surface area contributed by atoms with Crippen LogP contribution in [0.25, 0.3) is 0 Å². The lowest BCUT2D eigenvalue weighted by molar-refractivity contribution is -0.112. The molecule has 0 bridgehead atoms. The van der Waals surface area contributed by atoms with Gasteiger partial charge in [0.25, 0.3) is 0 Å². The Labute approximate surface area is 237 Å². The third kappa shape index (κ3) is 9.81. The van der Waals surface area contributed by atoms with E-state index in [1.165, 1.54) is 0 Å². The first-order chi connectivity index (χ1) is 19.9. The van der Waals surface area contributed by atoms with Crippen molar-refractivity contribution in [1.82, 2.24) is 9.80 Å². The lowest BCUT2D eigenvalue weighted by Gasteiger charge is -2.26. The summed E-state index contributed by atoms with van der Waals surface area (Å²) in [5.41, 5.74) is 7.71. The van der Waals surface area contributed by atoms with Gasteiger partial charge in [-0.2, -0.15) is 0 Å². The summed E-state index contributed by atoms with van der Waals surface area (Å²) in [6.07, 6.45) is -2.49. The average Bonchev–Trinajstić information content (AvgIpc) is 3.00. The number of carbonyl (C=O) groups is 4. The normalized spacial score (nSPS) is 11.0. The standard InChI is InChI=1S/C30H32N4O7/c31-27(32)33(28(36)39-20-23-11-4-1-5-12-23)18-10-17-26(19-35)34(29(37)40-21-24-13-6-2-7-14-24)30(38)41-22-25-15-8-3-9-16-25/h1-9,11-16,19,26H,10,17-18,20-22H2,(H3,31,32)/t26-/m0/s1. The van der Waals surface area contributed by atoms with Crippen LogP contribution in [0, 0.1) is 5.41 Å². The molecule has 11 heteroatoms. The van der Waals surface area contributed by atoms with Gasteiger partial charge in [0.1, 0.15) is 32.1 Å². The van der Waals surface area contributed by atoms with Gasteiger partial charge in [0.15, 0.2) is 5.96 Å². The molecular weight excluding hydrogens is 528 g/mol. The average molecular weight is 561 g/mol. The van der Waals surface area contributed by atoms with Crippen LogP contribution in [0.5, 0.6) is 0 Å². The van der Waals surface area contributed by atoms with E-state index in [9.17, 15) is 19.2 Å². The number of amides is 3. The predicted octanol–water partition coefficient (Wildman–Crippen LogP) is 4.84. The Hall–Kier alpha value is -5.19. The quantitative estimate of drug-likeness (QED) is 0.138. The summed E-state index contributed by atoms with van der Waals surface area (Å²) < 4.78 is 15.9. The minimum absolute atomic E-state index is 0.0191. The number of rotatable bonds is 12. The van der Waals surface area contributed by atoms with Crippen LogP contribution in [0.15, 0.2) is 91.0 Å². The Morgan fingerprint density at radius 3 is 1.46 bits per heavy atom. The fourth-order valence-electron chi connectivity index (χ4n) is 3.75. The molecule has 41 heavy (non-hydrogen) atoms. The number of hydrogen-bond donors (Lipinski definition) is 2. The van der Waals surface area contributed by atoms with Gasteiger partial charge in [-0.25, -0.2) is 24.2 Å². The van der Waals surface area contributed by atoms with Gasteiger partial charge in [0.05, 0.1) is 0 Å². The SMILES string of the molecule is N=C(N)N(CCC[C@@H](C=O)N(C(=O)OCc1ccccc1)C(=O)OCc1ccccc1)C(=O)OCc1ccccc1. The summed E-state index contributed by atoms with van der Waals surface area (Å²) >= 11 is 0. The van der Waals surface area contributed by atoms with E-state index in [-0.39, 0.29) is 39.2 Å². The van der Waals surface area contributed by atoms with Crippen molar-refractivity contribution >= 4 is 30.5 Å². The maximum atomic E-state index is 13.0. The first kappa shape index (κ1) is 30.4. The second-order valence-electron chi connectivity index (χ2n) is 8.87. The van der Waals surface area contributed by atoms with Gasteiger partial charge in [0.2, 0.25) is 0 Å². The molecule has 0 aliphatic rings. The fourth-order valence-corrected chi connectivity index (χ4v) is 3.75. The highest BCUT2D eigenvalue weighted by atomic mass is 16.6. The molecular formula is C30H32N4O7. The number of hydrogen-bond acceptors (Lipinski definition) is 8. The van der Waals surface area contributed by atoms with E-state index >= 15 is 0 Å². The maximum absolute atomic E-state index is 13.0. The summed E-state index contributed by atoms with van der Waals surface area (Å²) in [4.78, 5) is 52.2. The monoisotopic (exact) mass is 560 g/mol. The second kappa shape index (κ2) is 16.0. The van der Waals surface area contributed by atoms with Crippen molar-refractivity contribution in [2.45, 2.75) is 38.7 Å². The Kier molecular flexibility index (Phi) is 11.9. The molecule has 0 unspecified atom stereocenters. The molecule has 3 amide bonds. The number of nitrogens with two attached hydrogens (primary N) is 1. The van der Waals surface area contributed by atoms with Crippen LogP contribution in [-0.2, 0) is 38.8 Å². The summed E-state index contributed by atoms with van der Waals surface area (Å²) in [5, 5.41) is 7.76. The number of imide groups is 1. The van der Waals surface area contributed by atoms with Crippen molar-refractivity contribution in [2.75, 3.05) is 6.54 Å². The molecule has 1 atom stereocenters. The molecule has 3 N–H and O–H groups in total. The molecule has 3 aromatic rings. The van der Waals surface area contributed by atoms with E-state index in [0.717, 1.165) is 10.5 Å². The zero-order valence-corrected chi connectivity index (χ0v) is 22.4. The Morgan fingerprint density at radius 1 is 0.707 bits per heavy atom.